The first kappa shape index (κ1) is 17.7. The van der Waals surface area contributed by atoms with E-state index in [1.165, 1.54) is 57.8 Å². The van der Waals surface area contributed by atoms with E-state index < -0.39 is 5.60 Å². The maximum Gasteiger partial charge on any atom is 0.133 e. The highest BCUT2D eigenvalue weighted by atomic mass is 16.3. The van der Waals surface area contributed by atoms with E-state index >= 15 is 0 Å². The first-order valence-electron chi connectivity index (χ1n) is 8.90. The van der Waals surface area contributed by atoms with Crippen LogP contribution in [0.2, 0.25) is 0 Å². The normalized spacial score (nSPS) is 18.4. The van der Waals surface area contributed by atoms with Crippen molar-refractivity contribution in [1.82, 2.24) is 0 Å². The van der Waals surface area contributed by atoms with Crippen LogP contribution in [0, 0.1) is 0 Å². The van der Waals surface area contributed by atoms with Crippen LogP contribution in [-0.2, 0) is 4.79 Å². The number of rotatable bonds is 11. The van der Waals surface area contributed by atoms with E-state index in [0.29, 0.717) is 31.5 Å². The fourth-order valence-corrected chi connectivity index (χ4v) is 3.19. The smallest absolute Gasteiger partial charge is 0.133 e. The molecule has 0 radical (unpaired) electrons. The fourth-order valence-electron chi connectivity index (χ4n) is 3.19. The van der Waals surface area contributed by atoms with Gasteiger partial charge in [-0.15, -0.1) is 0 Å². The molecule has 0 amide bonds. The van der Waals surface area contributed by atoms with E-state index in [1.54, 1.807) is 0 Å². The number of hydrogen-bond acceptors (Lipinski definition) is 2. The van der Waals surface area contributed by atoms with Crippen molar-refractivity contribution in [3.05, 3.63) is 0 Å². The molecule has 118 valence electrons. The minimum absolute atomic E-state index is 0.331. The summed E-state index contributed by atoms with van der Waals surface area (Å²) in [6.07, 6.45) is 16.8. The molecule has 1 fully saturated rings. The summed E-state index contributed by atoms with van der Waals surface area (Å²) in [7, 11) is 0. The van der Waals surface area contributed by atoms with Gasteiger partial charge in [0.2, 0.25) is 0 Å². The SMILES string of the molecule is CCCCCCCCCCCCC1(O)CCC(=O)CC1. The Morgan fingerprint density at radius 3 is 1.80 bits per heavy atom. The van der Waals surface area contributed by atoms with Crippen LogP contribution in [0.4, 0.5) is 0 Å². The van der Waals surface area contributed by atoms with E-state index in [2.05, 4.69) is 6.92 Å². The van der Waals surface area contributed by atoms with Crippen LogP contribution in [0.3, 0.4) is 0 Å². The Kier molecular flexibility index (Phi) is 9.17. The summed E-state index contributed by atoms with van der Waals surface area (Å²) in [5, 5.41) is 10.4. The molecular weight excluding hydrogens is 248 g/mol. The lowest BCUT2D eigenvalue weighted by Crippen LogP contribution is -2.34. The maximum atomic E-state index is 11.2. The van der Waals surface area contributed by atoms with Crippen molar-refractivity contribution in [2.75, 3.05) is 0 Å². The third-order valence-corrected chi connectivity index (χ3v) is 4.73. The zero-order valence-corrected chi connectivity index (χ0v) is 13.5. The average molecular weight is 282 g/mol. The topological polar surface area (TPSA) is 37.3 Å². The minimum Gasteiger partial charge on any atom is -0.390 e. The van der Waals surface area contributed by atoms with Crippen molar-refractivity contribution in [3.8, 4) is 0 Å². The van der Waals surface area contributed by atoms with E-state index in [-0.39, 0.29) is 0 Å². The van der Waals surface area contributed by atoms with Gasteiger partial charge in [-0.3, -0.25) is 4.79 Å². The molecule has 0 atom stereocenters. The molecule has 0 aliphatic heterocycles. The van der Waals surface area contributed by atoms with Crippen LogP contribution in [0.25, 0.3) is 0 Å². The molecule has 0 aromatic rings. The summed E-state index contributed by atoms with van der Waals surface area (Å²) in [6.45, 7) is 2.26. The first-order valence-corrected chi connectivity index (χ1v) is 8.90. The van der Waals surface area contributed by atoms with Gasteiger partial charge in [-0.2, -0.15) is 0 Å². The van der Waals surface area contributed by atoms with Gasteiger partial charge in [0.1, 0.15) is 5.78 Å². The van der Waals surface area contributed by atoms with Gasteiger partial charge < -0.3 is 5.11 Å². The Morgan fingerprint density at radius 2 is 1.30 bits per heavy atom. The zero-order chi connectivity index (χ0) is 14.7. The Hall–Kier alpha value is -0.370. The zero-order valence-electron chi connectivity index (χ0n) is 13.5. The fraction of sp³-hybridized carbons (Fsp3) is 0.944. The van der Waals surface area contributed by atoms with Gasteiger partial charge in [0, 0.05) is 12.8 Å². The van der Waals surface area contributed by atoms with Gasteiger partial charge in [-0.05, 0) is 19.3 Å². The van der Waals surface area contributed by atoms with Crippen molar-refractivity contribution in [1.29, 1.82) is 0 Å². The molecular formula is C18H34O2. The molecule has 0 aromatic carbocycles. The van der Waals surface area contributed by atoms with Crippen molar-refractivity contribution in [2.24, 2.45) is 0 Å². The summed E-state index contributed by atoms with van der Waals surface area (Å²) in [5.41, 5.74) is -0.520. The van der Waals surface area contributed by atoms with Crippen molar-refractivity contribution < 1.29 is 9.90 Å². The van der Waals surface area contributed by atoms with Crippen LogP contribution in [-0.4, -0.2) is 16.5 Å². The van der Waals surface area contributed by atoms with Crippen LogP contribution in [0.15, 0.2) is 0 Å². The molecule has 0 heterocycles. The van der Waals surface area contributed by atoms with Crippen molar-refractivity contribution >= 4 is 5.78 Å². The van der Waals surface area contributed by atoms with Crippen molar-refractivity contribution in [2.45, 2.75) is 109 Å². The van der Waals surface area contributed by atoms with E-state index in [9.17, 15) is 9.90 Å². The summed E-state index contributed by atoms with van der Waals surface area (Å²) in [6, 6.07) is 0. The second-order valence-corrected chi connectivity index (χ2v) is 6.69. The predicted octanol–water partition coefficient (Wildman–Crippen LogP) is 5.17. The lowest BCUT2D eigenvalue weighted by atomic mass is 9.80. The van der Waals surface area contributed by atoms with Gasteiger partial charge in [0.15, 0.2) is 0 Å². The van der Waals surface area contributed by atoms with Gasteiger partial charge in [0.25, 0.3) is 0 Å². The number of carbonyl (C=O) groups excluding carboxylic acids is 1. The third kappa shape index (κ3) is 8.04. The monoisotopic (exact) mass is 282 g/mol. The molecule has 20 heavy (non-hydrogen) atoms. The molecule has 0 aromatic heterocycles. The van der Waals surface area contributed by atoms with Crippen LogP contribution < -0.4 is 0 Å². The molecule has 0 bridgehead atoms. The number of unbranched alkanes of at least 4 members (excludes halogenated alkanes) is 9. The lowest BCUT2D eigenvalue weighted by Gasteiger charge is -2.31. The molecule has 1 N–H and O–H groups in total. The molecule has 2 heteroatoms. The standard InChI is InChI=1S/C18H34O2/c1-2-3-4-5-6-7-8-9-10-11-14-18(20)15-12-17(19)13-16-18/h20H,2-16H2,1H3. The summed E-state index contributed by atoms with van der Waals surface area (Å²) in [4.78, 5) is 11.2. The third-order valence-electron chi connectivity index (χ3n) is 4.73. The van der Waals surface area contributed by atoms with Crippen molar-refractivity contribution in [3.63, 3.8) is 0 Å². The maximum absolute atomic E-state index is 11.2. The first-order chi connectivity index (χ1) is 9.66. The van der Waals surface area contributed by atoms with E-state index in [0.717, 1.165) is 12.8 Å². The molecule has 1 aliphatic rings. The molecule has 1 rings (SSSR count). The lowest BCUT2D eigenvalue weighted by molar-refractivity contribution is -0.125. The highest BCUT2D eigenvalue weighted by Crippen LogP contribution is 2.31. The predicted molar refractivity (Wildman–Crippen MR) is 84.9 cm³/mol. The highest BCUT2D eigenvalue weighted by molar-refractivity contribution is 5.79. The molecule has 0 spiro atoms. The van der Waals surface area contributed by atoms with E-state index in [1.807, 2.05) is 0 Å². The van der Waals surface area contributed by atoms with Gasteiger partial charge in [-0.1, -0.05) is 71.1 Å². The van der Waals surface area contributed by atoms with E-state index in [4.69, 9.17) is 0 Å². The number of ketones is 1. The van der Waals surface area contributed by atoms with Crippen LogP contribution in [0.5, 0.6) is 0 Å². The Morgan fingerprint density at radius 1 is 0.850 bits per heavy atom. The molecule has 0 unspecified atom stereocenters. The molecule has 1 saturated carbocycles. The number of carbonyl (C=O) groups is 1. The second kappa shape index (κ2) is 10.4. The molecule has 2 nitrogen and oxygen atoms in total. The highest BCUT2D eigenvalue weighted by Gasteiger charge is 2.31. The van der Waals surface area contributed by atoms with Gasteiger partial charge in [-0.25, -0.2) is 0 Å². The van der Waals surface area contributed by atoms with Crippen LogP contribution in [0.1, 0.15) is 103 Å². The Labute approximate surface area is 125 Å². The quantitative estimate of drug-likeness (QED) is 0.531. The van der Waals surface area contributed by atoms with Gasteiger partial charge in [0.05, 0.1) is 5.60 Å². The Bertz CT molecular complexity index is 250. The molecule has 1 aliphatic carbocycles. The van der Waals surface area contributed by atoms with Gasteiger partial charge >= 0.3 is 0 Å². The summed E-state index contributed by atoms with van der Waals surface area (Å²) in [5.74, 6) is 0.331. The number of Topliss-reactive ketones (excluding diaryl/α,β-unsaturated/α-hetero) is 1. The van der Waals surface area contributed by atoms with Crippen LogP contribution >= 0.6 is 0 Å². The average Bonchev–Trinajstić information content (AvgIpc) is 2.45. The minimum atomic E-state index is -0.520. The Balaban J connectivity index is 1.88. The largest absolute Gasteiger partial charge is 0.390 e. The number of aliphatic hydroxyl groups is 1. The molecule has 0 saturated heterocycles. The second-order valence-electron chi connectivity index (χ2n) is 6.69. The summed E-state index contributed by atoms with van der Waals surface area (Å²) >= 11 is 0. The number of hydrogen-bond donors (Lipinski definition) is 1. The summed E-state index contributed by atoms with van der Waals surface area (Å²) < 4.78 is 0.